The van der Waals surface area contributed by atoms with E-state index in [4.69, 9.17) is 0 Å². The molecule has 1 aliphatic heterocycles. The maximum absolute atomic E-state index is 12.9. The molecule has 3 rings (SSSR count). The number of nitrogens with zero attached hydrogens (tertiary/aromatic N) is 3. The number of Topliss-reactive ketones (excluding diaryl/α,β-unsaturated/α-hetero) is 1. The fraction of sp³-hybridized carbons (Fsp3) is 0.500. The second-order valence-electron chi connectivity index (χ2n) is 6.31. The Labute approximate surface area is 151 Å². The SMILES string of the molecule is Cn1c(SCCCC(=O)c2ccc(F)cc2)nnc1C1CCNCC1. The molecule has 2 heterocycles. The van der Waals surface area contributed by atoms with Gasteiger partial charge in [-0.25, -0.2) is 4.39 Å². The molecular formula is C18H23FN4OS. The van der Waals surface area contributed by atoms with E-state index in [1.807, 2.05) is 7.05 Å². The van der Waals surface area contributed by atoms with Crippen molar-refractivity contribution < 1.29 is 9.18 Å². The van der Waals surface area contributed by atoms with E-state index in [1.54, 1.807) is 23.9 Å². The first-order chi connectivity index (χ1) is 12.1. The van der Waals surface area contributed by atoms with Gasteiger partial charge >= 0.3 is 0 Å². The minimum absolute atomic E-state index is 0.0500. The van der Waals surface area contributed by atoms with Gasteiger partial charge in [0, 0.05) is 30.7 Å². The average molecular weight is 362 g/mol. The van der Waals surface area contributed by atoms with Crippen molar-refractivity contribution in [1.82, 2.24) is 20.1 Å². The van der Waals surface area contributed by atoms with Crippen LogP contribution in [0.3, 0.4) is 0 Å². The molecule has 0 amide bonds. The number of halogens is 1. The number of rotatable bonds is 7. The largest absolute Gasteiger partial charge is 0.317 e. The summed E-state index contributed by atoms with van der Waals surface area (Å²) in [5.74, 6) is 2.08. The Bertz CT molecular complexity index is 710. The van der Waals surface area contributed by atoms with E-state index in [1.165, 1.54) is 12.1 Å². The van der Waals surface area contributed by atoms with Gasteiger partial charge in [0.1, 0.15) is 11.6 Å². The van der Waals surface area contributed by atoms with Crippen molar-refractivity contribution in [3.05, 3.63) is 41.5 Å². The Balaban J connectivity index is 1.46. The number of aromatic nitrogens is 3. The summed E-state index contributed by atoms with van der Waals surface area (Å²) in [5, 5.41) is 12.9. The standard InChI is InChI=1S/C18H23FN4OS/c1-23-17(14-8-10-20-11-9-14)21-22-18(23)25-12-2-3-16(24)13-4-6-15(19)7-5-13/h4-7,14,20H,2-3,8-12H2,1H3. The lowest BCUT2D eigenvalue weighted by molar-refractivity contribution is 0.0982. The lowest BCUT2D eigenvalue weighted by Gasteiger charge is -2.21. The average Bonchev–Trinajstić information content (AvgIpc) is 3.00. The molecule has 0 aliphatic carbocycles. The van der Waals surface area contributed by atoms with Gasteiger partial charge in [-0.3, -0.25) is 4.79 Å². The first-order valence-corrected chi connectivity index (χ1v) is 9.65. The molecule has 0 spiro atoms. The monoisotopic (exact) mass is 362 g/mol. The number of carbonyl (C=O) groups is 1. The third kappa shape index (κ3) is 4.67. The normalized spacial score (nSPS) is 15.4. The van der Waals surface area contributed by atoms with Crippen molar-refractivity contribution in [2.75, 3.05) is 18.8 Å². The third-order valence-corrected chi connectivity index (χ3v) is 5.62. The quantitative estimate of drug-likeness (QED) is 0.466. The Morgan fingerprint density at radius 1 is 1.28 bits per heavy atom. The van der Waals surface area contributed by atoms with Gasteiger partial charge < -0.3 is 9.88 Å². The Morgan fingerprint density at radius 3 is 2.72 bits per heavy atom. The fourth-order valence-corrected chi connectivity index (χ4v) is 3.92. The molecular weight excluding hydrogens is 339 g/mol. The first-order valence-electron chi connectivity index (χ1n) is 8.66. The Morgan fingerprint density at radius 2 is 2.00 bits per heavy atom. The summed E-state index contributed by atoms with van der Waals surface area (Å²) in [6.07, 6.45) is 3.42. The molecule has 0 saturated carbocycles. The number of benzene rings is 1. The zero-order valence-corrected chi connectivity index (χ0v) is 15.2. The van der Waals surface area contributed by atoms with Crippen LogP contribution in [0.2, 0.25) is 0 Å². The molecule has 1 saturated heterocycles. The highest BCUT2D eigenvalue weighted by atomic mass is 32.2. The molecule has 0 atom stereocenters. The Kier molecular flexibility index (Phi) is 6.20. The highest BCUT2D eigenvalue weighted by Crippen LogP contribution is 2.26. The molecule has 7 heteroatoms. The lowest BCUT2D eigenvalue weighted by atomic mass is 9.97. The fourth-order valence-electron chi connectivity index (χ4n) is 3.06. The van der Waals surface area contributed by atoms with Gasteiger partial charge in [0.2, 0.25) is 0 Å². The van der Waals surface area contributed by atoms with Crippen LogP contribution in [0.4, 0.5) is 4.39 Å². The maximum atomic E-state index is 12.9. The van der Waals surface area contributed by atoms with Gasteiger partial charge in [-0.05, 0) is 56.6 Å². The highest BCUT2D eigenvalue weighted by molar-refractivity contribution is 7.99. The second kappa shape index (κ2) is 8.58. The van der Waals surface area contributed by atoms with E-state index in [2.05, 4.69) is 20.1 Å². The summed E-state index contributed by atoms with van der Waals surface area (Å²) in [5.41, 5.74) is 0.568. The molecule has 0 unspecified atom stereocenters. The van der Waals surface area contributed by atoms with Gasteiger partial charge in [0.25, 0.3) is 0 Å². The molecule has 134 valence electrons. The van der Waals surface area contributed by atoms with Crippen molar-refractivity contribution in [3.63, 3.8) is 0 Å². The zero-order valence-electron chi connectivity index (χ0n) is 14.4. The van der Waals surface area contributed by atoms with Gasteiger partial charge in [-0.15, -0.1) is 10.2 Å². The highest BCUT2D eigenvalue weighted by Gasteiger charge is 2.21. The van der Waals surface area contributed by atoms with Crippen LogP contribution in [-0.4, -0.2) is 39.4 Å². The minimum Gasteiger partial charge on any atom is -0.317 e. The summed E-state index contributed by atoms with van der Waals surface area (Å²) < 4.78 is 15.0. The number of thioether (sulfide) groups is 1. The molecule has 5 nitrogen and oxygen atoms in total. The predicted octanol–water partition coefficient (Wildman–Crippen LogP) is 3.18. The van der Waals surface area contributed by atoms with E-state index < -0.39 is 0 Å². The van der Waals surface area contributed by atoms with Crippen molar-refractivity contribution in [1.29, 1.82) is 0 Å². The molecule has 2 aromatic rings. The summed E-state index contributed by atoms with van der Waals surface area (Å²) in [7, 11) is 2.02. The third-order valence-electron chi connectivity index (χ3n) is 4.52. The van der Waals surface area contributed by atoms with E-state index in [0.717, 1.165) is 49.1 Å². The van der Waals surface area contributed by atoms with Gasteiger partial charge in [0.15, 0.2) is 10.9 Å². The number of hydrogen-bond acceptors (Lipinski definition) is 5. The molecule has 1 N–H and O–H groups in total. The van der Waals surface area contributed by atoms with Crippen LogP contribution in [0, 0.1) is 5.82 Å². The van der Waals surface area contributed by atoms with Gasteiger partial charge in [-0.1, -0.05) is 11.8 Å². The second-order valence-corrected chi connectivity index (χ2v) is 7.37. The van der Waals surface area contributed by atoms with Crippen molar-refractivity contribution in [2.45, 2.75) is 36.8 Å². The van der Waals surface area contributed by atoms with Crippen LogP contribution < -0.4 is 5.32 Å². The van der Waals surface area contributed by atoms with Crippen molar-refractivity contribution in [2.24, 2.45) is 7.05 Å². The van der Waals surface area contributed by atoms with E-state index >= 15 is 0 Å². The summed E-state index contributed by atoms with van der Waals surface area (Å²) >= 11 is 1.63. The van der Waals surface area contributed by atoms with E-state index in [9.17, 15) is 9.18 Å². The van der Waals surface area contributed by atoms with Crippen LogP contribution in [0.25, 0.3) is 0 Å². The number of ketones is 1. The summed E-state index contributed by atoms with van der Waals surface area (Å²) in [4.78, 5) is 12.1. The van der Waals surface area contributed by atoms with E-state index in [-0.39, 0.29) is 11.6 Å². The van der Waals surface area contributed by atoms with Crippen LogP contribution in [0.1, 0.15) is 47.8 Å². The predicted molar refractivity (Wildman–Crippen MR) is 96.5 cm³/mol. The van der Waals surface area contributed by atoms with Crippen LogP contribution in [-0.2, 0) is 7.05 Å². The lowest BCUT2D eigenvalue weighted by Crippen LogP contribution is -2.27. The van der Waals surface area contributed by atoms with Crippen molar-refractivity contribution in [3.8, 4) is 0 Å². The molecule has 1 fully saturated rings. The number of hydrogen-bond donors (Lipinski definition) is 1. The summed E-state index contributed by atoms with van der Waals surface area (Å²) in [6, 6.07) is 5.73. The smallest absolute Gasteiger partial charge is 0.190 e. The Hall–Kier alpha value is -1.73. The number of nitrogens with one attached hydrogen (secondary N) is 1. The molecule has 0 bridgehead atoms. The maximum Gasteiger partial charge on any atom is 0.190 e. The first kappa shape index (κ1) is 18.1. The molecule has 0 radical (unpaired) electrons. The molecule has 25 heavy (non-hydrogen) atoms. The number of piperidine rings is 1. The molecule has 1 aromatic carbocycles. The summed E-state index contributed by atoms with van der Waals surface area (Å²) in [6.45, 7) is 2.07. The van der Waals surface area contributed by atoms with Gasteiger partial charge in [0.05, 0.1) is 0 Å². The zero-order chi connectivity index (χ0) is 17.6. The van der Waals surface area contributed by atoms with Crippen LogP contribution >= 0.6 is 11.8 Å². The van der Waals surface area contributed by atoms with Gasteiger partial charge in [-0.2, -0.15) is 0 Å². The van der Waals surface area contributed by atoms with Crippen LogP contribution in [0.15, 0.2) is 29.4 Å². The van der Waals surface area contributed by atoms with Crippen LogP contribution in [0.5, 0.6) is 0 Å². The van der Waals surface area contributed by atoms with E-state index in [0.29, 0.717) is 17.9 Å². The molecule has 1 aliphatic rings. The topological polar surface area (TPSA) is 59.8 Å². The molecule has 1 aromatic heterocycles. The number of carbonyl (C=O) groups excluding carboxylic acids is 1. The van der Waals surface area contributed by atoms with Crippen molar-refractivity contribution >= 4 is 17.5 Å². The minimum atomic E-state index is -0.320.